The molecule has 23 heavy (non-hydrogen) atoms. The van der Waals surface area contributed by atoms with Crippen molar-refractivity contribution in [1.29, 1.82) is 0 Å². The summed E-state index contributed by atoms with van der Waals surface area (Å²) in [6.45, 7) is 4.01. The number of amides is 1. The molecule has 0 spiro atoms. The number of para-hydroxylation sites is 2. The van der Waals surface area contributed by atoms with E-state index in [1.54, 1.807) is 6.07 Å². The van der Waals surface area contributed by atoms with E-state index in [2.05, 4.69) is 17.6 Å². The normalized spacial score (nSPS) is 20.7. The van der Waals surface area contributed by atoms with E-state index < -0.39 is 0 Å². The van der Waals surface area contributed by atoms with Gasteiger partial charge in [-0.15, -0.1) is 0 Å². The molecule has 0 saturated carbocycles. The molecule has 0 aromatic heterocycles. The predicted octanol–water partition coefficient (Wildman–Crippen LogP) is 3.21. The van der Waals surface area contributed by atoms with E-state index in [4.69, 9.17) is 4.74 Å². The molecule has 2 atom stereocenters. The SMILES string of the molecule is CC1CCNCC1NC(=O)c1ccccc1Oc1ccccc1. The molecule has 0 bridgehead atoms. The Morgan fingerprint density at radius 2 is 1.87 bits per heavy atom. The van der Waals surface area contributed by atoms with Gasteiger partial charge in [-0.05, 0) is 43.1 Å². The minimum absolute atomic E-state index is 0.0860. The van der Waals surface area contributed by atoms with Gasteiger partial charge in [0.25, 0.3) is 5.91 Å². The van der Waals surface area contributed by atoms with E-state index in [-0.39, 0.29) is 11.9 Å². The molecule has 1 fully saturated rings. The van der Waals surface area contributed by atoms with Crippen molar-refractivity contribution in [2.24, 2.45) is 5.92 Å². The van der Waals surface area contributed by atoms with Crippen LogP contribution in [0.3, 0.4) is 0 Å². The second-order valence-corrected chi connectivity index (χ2v) is 5.96. The summed E-state index contributed by atoms with van der Waals surface area (Å²) in [5, 5.41) is 6.46. The summed E-state index contributed by atoms with van der Waals surface area (Å²) in [7, 11) is 0. The fourth-order valence-corrected chi connectivity index (χ4v) is 2.79. The summed E-state index contributed by atoms with van der Waals surface area (Å²) >= 11 is 0. The molecule has 0 aliphatic carbocycles. The largest absolute Gasteiger partial charge is 0.457 e. The number of carbonyl (C=O) groups is 1. The first-order chi connectivity index (χ1) is 11.2. The third-order valence-electron chi connectivity index (χ3n) is 4.25. The van der Waals surface area contributed by atoms with Crippen LogP contribution in [0.25, 0.3) is 0 Å². The quantitative estimate of drug-likeness (QED) is 0.912. The number of ether oxygens (including phenoxy) is 1. The standard InChI is InChI=1S/C19H22N2O2/c1-14-11-12-20-13-17(14)21-19(22)16-9-5-6-10-18(16)23-15-7-3-2-4-8-15/h2-10,14,17,20H,11-13H2,1H3,(H,21,22). The monoisotopic (exact) mass is 310 g/mol. The maximum absolute atomic E-state index is 12.7. The molecule has 1 saturated heterocycles. The Hall–Kier alpha value is -2.33. The predicted molar refractivity (Wildman–Crippen MR) is 90.9 cm³/mol. The summed E-state index contributed by atoms with van der Waals surface area (Å²) in [6.07, 6.45) is 1.08. The molecule has 2 aromatic carbocycles. The van der Waals surface area contributed by atoms with Crippen molar-refractivity contribution >= 4 is 5.91 Å². The molecule has 4 nitrogen and oxygen atoms in total. The van der Waals surface area contributed by atoms with E-state index in [1.807, 2.05) is 48.5 Å². The number of hydrogen-bond acceptors (Lipinski definition) is 3. The fourth-order valence-electron chi connectivity index (χ4n) is 2.79. The lowest BCUT2D eigenvalue weighted by Gasteiger charge is -2.30. The highest BCUT2D eigenvalue weighted by Gasteiger charge is 2.24. The van der Waals surface area contributed by atoms with Gasteiger partial charge in [-0.25, -0.2) is 0 Å². The molecule has 2 N–H and O–H groups in total. The van der Waals surface area contributed by atoms with Crippen LogP contribution in [0.5, 0.6) is 11.5 Å². The Morgan fingerprint density at radius 3 is 2.65 bits per heavy atom. The van der Waals surface area contributed by atoms with Crippen molar-refractivity contribution in [3.8, 4) is 11.5 Å². The zero-order valence-electron chi connectivity index (χ0n) is 13.3. The van der Waals surface area contributed by atoms with Crippen molar-refractivity contribution in [2.75, 3.05) is 13.1 Å². The fraction of sp³-hybridized carbons (Fsp3) is 0.316. The summed E-state index contributed by atoms with van der Waals surface area (Å²) in [4.78, 5) is 12.7. The number of benzene rings is 2. The van der Waals surface area contributed by atoms with Gasteiger partial charge in [-0.2, -0.15) is 0 Å². The molecule has 0 radical (unpaired) electrons. The van der Waals surface area contributed by atoms with Crippen LogP contribution in [0.15, 0.2) is 54.6 Å². The Labute approximate surface area is 136 Å². The zero-order chi connectivity index (χ0) is 16.1. The molecule has 3 rings (SSSR count). The van der Waals surface area contributed by atoms with Crippen LogP contribution in [-0.2, 0) is 0 Å². The number of carbonyl (C=O) groups excluding carboxylic acids is 1. The maximum atomic E-state index is 12.7. The molecule has 2 unspecified atom stereocenters. The second kappa shape index (κ2) is 7.29. The van der Waals surface area contributed by atoms with Gasteiger partial charge >= 0.3 is 0 Å². The Balaban J connectivity index is 1.75. The molecule has 120 valence electrons. The molecule has 1 heterocycles. The van der Waals surface area contributed by atoms with E-state index in [0.29, 0.717) is 17.2 Å². The Kier molecular flexibility index (Phi) is 4.93. The molecule has 4 heteroatoms. The van der Waals surface area contributed by atoms with Gasteiger partial charge in [0, 0.05) is 12.6 Å². The van der Waals surface area contributed by atoms with Crippen LogP contribution in [0.4, 0.5) is 0 Å². The van der Waals surface area contributed by atoms with Crippen LogP contribution >= 0.6 is 0 Å². The Bertz CT molecular complexity index is 657. The lowest BCUT2D eigenvalue weighted by Crippen LogP contribution is -2.50. The Morgan fingerprint density at radius 1 is 1.13 bits per heavy atom. The average Bonchev–Trinajstić information content (AvgIpc) is 2.58. The smallest absolute Gasteiger partial charge is 0.255 e. The molecular formula is C19H22N2O2. The first-order valence-electron chi connectivity index (χ1n) is 8.07. The topological polar surface area (TPSA) is 50.4 Å². The van der Waals surface area contributed by atoms with Gasteiger partial charge in [-0.3, -0.25) is 4.79 Å². The van der Waals surface area contributed by atoms with E-state index in [1.165, 1.54) is 0 Å². The van der Waals surface area contributed by atoms with E-state index in [9.17, 15) is 4.79 Å². The summed E-state index contributed by atoms with van der Waals surface area (Å²) < 4.78 is 5.87. The molecule has 1 amide bonds. The van der Waals surface area contributed by atoms with E-state index >= 15 is 0 Å². The van der Waals surface area contributed by atoms with Crippen LogP contribution in [0.1, 0.15) is 23.7 Å². The van der Waals surface area contributed by atoms with Crippen molar-refractivity contribution in [1.82, 2.24) is 10.6 Å². The van der Waals surface area contributed by atoms with Crippen molar-refractivity contribution in [3.63, 3.8) is 0 Å². The third kappa shape index (κ3) is 3.90. The van der Waals surface area contributed by atoms with Gasteiger partial charge in [0.1, 0.15) is 11.5 Å². The summed E-state index contributed by atoms with van der Waals surface area (Å²) in [5.41, 5.74) is 0.564. The highest BCUT2D eigenvalue weighted by molar-refractivity contribution is 5.97. The second-order valence-electron chi connectivity index (χ2n) is 5.96. The minimum Gasteiger partial charge on any atom is -0.457 e. The lowest BCUT2D eigenvalue weighted by molar-refractivity contribution is 0.0913. The molecule has 1 aliphatic heterocycles. The number of rotatable bonds is 4. The lowest BCUT2D eigenvalue weighted by atomic mass is 9.94. The van der Waals surface area contributed by atoms with Gasteiger partial charge in [0.2, 0.25) is 0 Å². The number of piperidine rings is 1. The van der Waals surface area contributed by atoms with E-state index in [0.717, 1.165) is 25.3 Å². The van der Waals surface area contributed by atoms with Crippen molar-refractivity contribution < 1.29 is 9.53 Å². The van der Waals surface area contributed by atoms with Crippen molar-refractivity contribution in [2.45, 2.75) is 19.4 Å². The molecular weight excluding hydrogens is 288 g/mol. The van der Waals surface area contributed by atoms with Crippen LogP contribution in [0.2, 0.25) is 0 Å². The van der Waals surface area contributed by atoms with Crippen LogP contribution < -0.4 is 15.4 Å². The maximum Gasteiger partial charge on any atom is 0.255 e. The first-order valence-corrected chi connectivity index (χ1v) is 8.07. The summed E-state index contributed by atoms with van der Waals surface area (Å²) in [6, 6.07) is 17.0. The minimum atomic E-state index is -0.0860. The van der Waals surface area contributed by atoms with Gasteiger partial charge < -0.3 is 15.4 Å². The van der Waals surface area contributed by atoms with Crippen LogP contribution in [-0.4, -0.2) is 25.0 Å². The highest BCUT2D eigenvalue weighted by Crippen LogP contribution is 2.25. The van der Waals surface area contributed by atoms with Crippen LogP contribution in [0, 0.1) is 5.92 Å². The number of nitrogens with one attached hydrogen (secondary N) is 2. The highest BCUT2D eigenvalue weighted by atomic mass is 16.5. The average molecular weight is 310 g/mol. The summed E-state index contributed by atoms with van der Waals surface area (Å²) in [5.74, 6) is 1.69. The molecule has 2 aromatic rings. The third-order valence-corrected chi connectivity index (χ3v) is 4.25. The van der Waals surface area contributed by atoms with Gasteiger partial charge in [-0.1, -0.05) is 37.3 Å². The van der Waals surface area contributed by atoms with Crippen molar-refractivity contribution in [3.05, 3.63) is 60.2 Å². The first kappa shape index (κ1) is 15.6. The molecule has 1 aliphatic rings. The van der Waals surface area contributed by atoms with Gasteiger partial charge in [0.15, 0.2) is 0 Å². The number of hydrogen-bond donors (Lipinski definition) is 2. The zero-order valence-corrected chi connectivity index (χ0v) is 13.3. The van der Waals surface area contributed by atoms with Gasteiger partial charge in [0.05, 0.1) is 5.56 Å².